The van der Waals surface area contributed by atoms with Crippen LogP contribution in [0.15, 0.2) is 12.5 Å². The molecule has 0 N–H and O–H groups in total. The first kappa shape index (κ1) is 11.8. The largest absolute Gasteiger partial charge is 0.383 e. The molecule has 0 radical (unpaired) electrons. The van der Waals surface area contributed by atoms with Crippen LogP contribution in [0.1, 0.15) is 12.6 Å². The van der Waals surface area contributed by atoms with Gasteiger partial charge >= 0.3 is 0 Å². The van der Waals surface area contributed by atoms with Gasteiger partial charge in [-0.3, -0.25) is 4.68 Å². The fourth-order valence-electron chi connectivity index (χ4n) is 1.80. The summed E-state index contributed by atoms with van der Waals surface area (Å²) >= 11 is 0. The topological polar surface area (TPSA) is 57.8 Å². The molecule has 92 valence electrons. The monoisotopic (exact) mass is 235 g/mol. The Morgan fingerprint density at radius 1 is 1.41 bits per heavy atom. The maximum atomic E-state index is 5.07. The van der Waals surface area contributed by atoms with Crippen molar-refractivity contribution >= 4 is 0 Å². The number of rotatable bonds is 5. The Morgan fingerprint density at radius 3 is 2.94 bits per heavy atom. The molecule has 0 atom stereocenters. The summed E-state index contributed by atoms with van der Waals surface area (Å²) in [7, 11) is 3.60. The maximum Gasteiger partial charge on any atom is 0.167 e. The summed E-state index contributed by atoms with van der Waals surface area (Å²) in [4.78, 5) is 0. The quantitative estimate of drug-likeness (QED) is 0.772. The highest BCUT2D eigenvalue weighted by Gasteiger charge is 2.14. The molecule has 2 rings (SSSR count). The second-order valence-electron chi connectivity index (χ2n) is 3.86. The van der Waals surface area contributed by atoms with E-state index in [1.165, 1.54) is 0 Å². The van der Waals surface area contributed by atoms with Crippen molar-refractivity contribution in [2.45, 2.75) is 19.9 Å². The van der Waals surface area contributed by atoms with E-state index < -0.39 is 0 Å². The van der Waals surface area contributed by atoms with Crippen molar-refractivity contribution < 1.29 is 4.74 Å². The van der Waals surface area contributed by atoms with Crippen molar-refractivity contribution in [1.29, 1.82) is 0 Å². The van der Waals surface area contributed by atoms with Crippen LogP contribution < -0.4 is 0 Å². The third kappa shape index (κ3) is 2.36. The molecule has 6 nitrogen and oxygen atoms in total. The van der Waals surface area contributed by atoms with Crippen LogP contribution in [0.25, 0.3) is 11.4 Å². The standard InChI is InChI=1S/C11H17N5O/c1-4-10-9(7-15(2)14-10)11-13-12-8-16(11)5-6-17-3/h7-8H,4-6H2,1-3H3. The second-order valence-corrected chi connectivity index (χ2v) is 3.86. The van der Waals surface area contributed by atoms with E-state index in [1.807, 2.05) is 22.5 Å². The van der Waals surface area contributed by atoms with E-state index in [2.05, 4.69) is 22.2 Å². The van der Waals surface area contributed by atoms with Gasteiger partial charge < -0.3 is 9.30 Å². The highest BCUT2D eigenvalue weighted by Crippen LogP contribution is 2.20. The average Bonchev–Trinajstić information content (AvgIpc) is 2.91. The molecular formula is C11H17N5O. The van der Waals surface area contributed by atoms with Gasteiger partial charge in [-0.15, -0.1) is 10.2 Å². The summed E-state index contributed by atoms with van der Waals surface area (Å²) in [5.41, 5.74) is 2.09. The zero-order valence-electron chi connectivity index (χ0n) is 10.4. The summed E-state index contributed by atoms with van der Waals surface area (Å²) in [6, 6.07) is 0. The number of aromatic nitrogens is 5. The second kappa shape index (κ2) is 5.09. The predicted octanol–water partition coefficient (Wildman–Crippen LogP) is 0.887. The van der Waals surface area contributed by atoms with Gasteiger partial charge in [0.05, 0.1) is 17.9 Å². The van der Waals surface area contributed by atoms with Crippen LogP contribution in [0, 0.1) is 0 Å². The molecule has 0 saturated heterocycles. The fourth-order valence-corrected chi connectivity index (χ4v) is 1.80. The van der Waals surface area contributed by atoms with E-state index in [4.69, 9.17) is 4.74 Å². The number of hydrogen-bond acceptors (Lipinski definition) is 4. The molecule has 0 aliphatic rings. The van der Waals surface area contributed by atoms with Gasteiger partial charge in [0.25, 0.3) is 0 Å². The molecule has 0 aliphatic heterocycles. The van der Waals surface area contributed by atoms with Crippen LogP contribution >= 0.6 is 0 Å². The third-order valence-electron chi connectivity index (χ3n) is 2.63. The third-order valence-corrected chi connectivity index (χ3v) is 2.63. The fraction of sp³-hybridized carbons (Fsp3) is 0.545. The van der Waals surface area contributed by atoms with E-state index >= 15 is 0 Å². The zero-order chi connectivity index (χ0) is 12.3. The lowest BCUT2D eigenvalue weighted by Gasteiger charge is -2.04. The van der Waals surface area contributed by atoms with Gasteiger partial charge in [0.1, 0.15) is 6.33 Å². The first-order valence-corrected chi connectivity index (χ1v) is 5.66. The Bertz CT molecular complexity index is 488. The van der Waals surface area contributed by atoms with E-state index in [0.29, 0.717) is 6.61 Å². The van der Waals surface area contributed by atoms with Crippen molar-refractivity contribution in [2.75, 3.05) is 13.7 Å². The Balaban J connectivity index is 2.35. The van der Waals surface area contributed by atoms with Gasteiger partial charge in [-0.1, -0.05) is 6.92 Å². The summed E-state index contributed by atoms with van der Waals surface area (Å²) in [6.07, 6.45) is 4.58. The summed E-state index contributed by atoms with van der Waals surface area (Å²) in [6.45, 7) is 3.48. The molecule has 17 heavy (non-hydrogen) atoms. The van der Waals surface area contributed by atoms with Gasteiger partial charge in [-0.05, 0) is 6.42 Å². The smallest absolute Gasteiger partial charge is 0.167 e. The number of aryl methyl sites for hydroxylation is 2. The maximum absolute atomic E-state index is 5.07. The number of methoxy groups -OCH3 is 1. The Kier molecular flexibility index (Phi) is 3.53. The van der Waals surface area contributed by atoms with Gasteiger partial charge in [-0.2, -0.15) is 5.10 Å². The molecule has 6 heteroatoms. The summed E-state index contributed by atoms with van der Waals surface area (Å²) in [5.74, 6) is 0.854. The molecule has 2 aromatic heterocycles. The molecule has 2 aromatic rings. The molecule has 0 bridgehead atoms. The van der Waals surface area contributed by atoms with E-state index in [1.54, 1.807) is 13.4 Å². The van der Waals surface area contributed by atoms with E-state index in [-0.39, 0.29) is 0 Å². The van der Waals surface area contributed by atoms with Crippen LogP contribution in [-0.4, -0.2) is 38.3 Å². The highest BCUT2D eigenvalue weighted by atomic mass is 16.5. The molecule has 0 aromatic carbocycles. The van der Waals surface area contributed by atoms with Crippen LogP contribution in [0.4, 0.5) is 0 Å². The lowest BCUT2D eigenvalue weighted by molar-refractivity contribution is 0.187. The summed E-state index contributed by atoms with van der Waals surface area (Å²) < 4.78 is 8.87. The Hall–Kier alpha value is -1.69. The molecular weight excluding hydrogens is 218 g/mol. The average molecular weight is 235 g/mol. The zero-order valence-corrected chi connectivity index (χ0v) is 10.4. The van der Waals surface area contributed by atoms with Crippen molar-refractivity contribution in [3.63, 3.8) is 0 Å². The molecule has 0 unspecified atom stereocenters. The molecule has 0 fully saturated rings. The van der Waals surface area contributed by atoms with E-state index in [9.17, 15) is 0 Å². The van der Waals surface area contributed by atoms with Crippen LogP contribution in [0.2, 0.25) is 0 Å². The van der Waals surface area contributed by atoms with Crippen molar-refractivity contribution in [3.8, 4) is 11.4 Å². The van der Waals surface area contributed by atoms with Crippen LogP contribution in [0.5, 0.6) is 0 Å². The van der Waals surface area contributed by atoms with Crippen molar-refractivity contribution in [1.82, 2.24) is 24.5 Å². The van der Waals surface area contributed by atoms with Crippen LogP contribution in [-0.2, 0) is 24.8 Å². The Morgan fingerprint density at radius 2 is 2.24 bits per heavy atom. The van der Waals surface area contributed by atoms with Gasteiger partial charge in [0.15, 0.2) is 5.82 Å². The molecule has 0 aliphatic carbocycles. The van der Waals surface area contributed by atoms with E-state index in [0.717, 1.165) is 30.0 Å². The van der Waals surface area contributed by atoms with Gasteiger partial charge in [0.2, 0.25) is 0 Å². The lowest BCUT2D eigenvalue weighted by Crippen LogP contribution is -2.05. The SMILES string of the molecule is CCc1nn(C)cc1-c1nncn1CCOC. The first-order valence-electron chi connectivity index (χ1n) is 5.66. The number of hydrogen-bond donors (Lipinski definition) is 0. The molecule has 0 saturated carbocycles. The molecule has 0 spiro atoms. The Labute approximate surface area is 100 Å². The minimum absolute atomic E-state index is 0.646. The number of nitrogens with zero attached hydrogens (tertiary/aromatic N) is 5. The number of ether oxygens (including phenoxy) is 1. The highest BCUT2D eigenvalue weighted by molar-refractivity contribution is 5.57. The van der Waals surface area contributed by atoms with Crippen molar-refractivity contribution in [3.05, 3.63) is 18.2 Å². The minimum Gasteiger partial charge on any atom is -0.383 e. The normalized spacial score (nSPS) is 11.0. The van der Waals surface area contributed by atoms with Gasteiger partial charge in [0, 0.05) is 26.9 Å². The predicted molar refractivity (Wildman–Crippen MR) is 63.5 cm³/mol. The van der Waals surface area contributed by atoms with Gasteiger partial charge in [-0.25, -0.2) is 0 Å². The van der Waals surface area contributed by atoms with Crippen molar-refractivity contribution in [2.24, 2.45) is 7.05 Å². The molecule has 0 amide bonds. The molecule has 2 heterocycles. The lowest BCUT2D eigenvalue weighted by atomic mass is 10.2. The first-order chi connectivity index (χ1) is 8.26. The van der Waals surface area contributed by atoms with Crippen LogP contribution in [0.3, 0.4) is 0 Å². The minimum atomic E-state index is 0.646. The summed E-state index contributed by atoms with van der Waals surface area (Å²) in [5, 5.41) is 12.5.